The number of methoxy groups -OCH3 is 1. The number of nitrogens with zero attached hydrogens (tertiary/aromatic N) is 4. The SMILES string of the molecule is COc1cc(O)ccc1-c1nnc(-c2ccc(-c3nnc(-c4ccc(C)cc4)s3)cc2)o1. The van der Waals surface area contributed by atoms with Crippen molar-refractivity contribution in [3.05, 3.63) is 72.3 Å². The number of benzene rings is 3. The second-order valence-electron chi connectivity index (χ2n) is 7.15. The molecular weight excluding hydrogens is 424 g/mol. The number of hydrogen-bond donors (Lipinski definition) is 1. The van der Waals surface area contributed by atoms with Crippen LogP contribution in [0.25, 0.3) is 44.1 Å². The first-order chi connectivity index (χ1) is 15.6. The van der Waals surface area contributed by atoms with E-state index in [1.807, 2.05) is 24.3 Å². The Balaban J connectivity index is 1.39. The van der Waals surface area contributed by atoms with Crippen LogP contribution in [-0.2, 0) is 0 Å². The number of phenols is 1. The van der Waals surface area contributed by atoms with E-state index in [1.54, 1.807) is 23.5 Å². The number of rotatable bonds is 5. The van der Waals surface area contributed by atoms with E-state index in [4.69, 9.17) is 9.15 Å². The van der Waals surface area contributed by atoms with Gasteiger partial charge in [-0.2, -0.15) is 0 Å². The summed E-state index contributed by atoms with van der Waals surface area (Å²) in [6.45, 7) is 2.06. The molecule has 158 valence electrons. The van der Waals surface area contributed by atoms with Crippen LogP contribution in [0.5, 0.6) is 11.5 Å². The Labute approximate surface area is 188 Å². The minimum absolute atomic E-state index is 0.100. The molecule has 0 saturated carbocycles. The summed E-state index contributed by atoms with van der Waals surface area (Å²) in [4.78, 5) is 0. The van der Waals surface area contributed by atoms with Crippen LogP contribution in [0.15, 0.2) is 71.1 Å². The fourth-order valence-electron chi connectivity index (χ4n) is 3.21. The minimum atomic E-state index is 0.100. The summed E-state index contributed by atoms with van der Waals surface area (Å²) in [6, 6.07) is 20.7. The summed E-state index contributed by atoms with van der Waals surface area (Å²) >= 11 is 1.55. The van der Waals surface area contributed by atoms with Gasteiger partial charge in [-0.1, -0.05) is 53.3 Å². The van der Waals surface area contributed by atoms with Gasteiger partial charge in [-0.05, 0) is 31.2 Å². The Kier molecular flexibility index (Phi) is 5.12. The van der Waals surface area contributed by atoms with Crippen molar-refractivity contribution >= 4 is 11.3 Å². The van der Waals surface area contributed by atoms with Crippen molar-refractivity contribution in [2.75, 3.05) is 7.11 Å². The molecule has 0 bridgehead atoms. The first-order valence-corrected chi connectivity index (χ1v) is 10.6. The maximum Gasteiger partial charge on any atom is 0.251 e. The summed E-state index contributed by atoms with van der Waals surface area (Å²) in [7, 11) is 1.52. The van der Waals surface area contributed by atoms with Crippen molar-refractivity contribution in [1.29, 1.82) is 0 Å². The van der Waals surface area contributed by atoms with Gasteiger partial charge < -0.3 is 14.3 Å². The first-order valence-electron chi connectivity index (χ1n) is 9.83. The highest BCUT2D eigenvalue weighted by atomic mass is 32.1. The van der Waals surface area contributed by atoms with Crippen LogP contribution in [0.4, 0.5) is 0 Å². The zero-order valence-electron chi connectivity index (χ0n) is 17.3. The highest BCUT2D eigenvalue weighted by Gasteiger charge is 2.16. The molecule has 0 saturated heterocycles. The fraction of sp³-hybridized carbons (Fsp3) is 0.0833. The second kappa shape index (κ2) is 8.24. The highest BCUT2D eigenvalue weighted by Crippen LogP contribution is 2.34. The monoisotopic (exact) mass is 442 g/mol. The minimum Gasteiger partial charge on any atom is -0.508 e. The average molecular weight is 443 g/mol. The van der Waals surface area contributed by atoms with Crippen LogP contribution in [0, 0.1) is 6.92 Å². The largest absolute Gasteiger partial charge is 0.508 e. The quantitative estimate of drug-likeness (QED) is 0.378. The van der Waals surface area contributed by atoms with E-state index < -0.39 is 0 Å². The van der Waals surface area contributed by atoms with Crippen LogP contribution in [0.2, 0.25) is 0 Å². The number of aromatic nitrogens is 4. The molecule has 32 heavy (non-hydrogen) atoms. The third kappa shape index (κ3) is 3.83. The van der Waals surface area contributed by atoms with Gasteiger partial charge in [0.25, 0.3) is 5.89 Å². The number of aromatic hydroxyl groups is 1. The Morgan fingerprint density at radius 1 is 0.750 bits per heavy atom. The lowest BCUT2D eigenvalue weighted by Gasteiger charge is -2.04. The maximum absolute atomic E-state index is 9.64. The molecule has 7 nitrogen and oxygen atoms in total. The van der Waals surface area contributed by atoms with Gasteiger partial charge in [-0.3, -0.25) is 0 Å². The summed E-state index contributed by atoms with van der Waals surface area (Å²) in [5, 5.41) is 28.3. The van der Waals surface area contributed by atoms with Gasteiger partial charge >= 0.3 is 0 Å². The van der Waals surface area contributed by atoms with Gasteiger partial charge in [-0.15, -0.1) is 20.4 Å². The molecule has 0 unspecified atom stereocenters. The predicted octanol–water partition coefficient (Wildman–Crippen LogP) is 5.61. The van der Waals surface area contributed by atoms with Gasteiger partial charge in [-0.25, -0.2) is 0 Å². The van der Waals surface area contributed by atoms with E-state index in [2.05, 4.69) is 51.6 Å². The summed E-state index contributed by atoms with van der Waals surface area (Å²) in [5.74, 6) is 1.26. The van der Waals surface area contributed by atoms with E-state index in [9.17, 15) is 5.11 Å². The number of phenolic OH excluding ortho intramolecular Hbond substituents is 1. The molecule has 0 radical (unpaired) electrons. The smallest absolute Gasteiger partial charge is 0.251 e. The molecule has 0 atom stereocenters. The van der Waals surface area contributed by atoms with Crippen LogP contribution in [0.1, 0.15) is 5.56 Å². The summed E-state index contributed by atoms with van der Waals surface area (Å²) in [6.07, 6.45) is 0. The Morgan fingerprint density at radius 2 is 1.34 bits per heavy atom. The van der Waals surface area contributed by atoms with Crippen LogP contribution >= 0.6 is 11.3 Å². The van der Waals surface area contributed by atoms with Crippen molar-refractivity contribution in [1.82, 2.24) is 20.4 Å². The molecule has 0 fully saturated rings. The molecule has 0 aliphatic carbocycles. The van der Waals surface area contributed by atoms with Gasteiger partial charge in [0, 0.05) is 22.8 Å². The Bertz CT molecular complexity index is 1380. The second-order valence-corrected chi connectivity index (χ2v) is 8.13. The van der Waals surface area contributed by atoms with E-state index >= 15 is 0 Å². The number of aryl methyl sites for hydroxylation is 1. The zero-order chi connectivity index (χ0) is 22.1. The molecule has 0 aliphatic heterocycles. The first kappa shape index (κ1) is 19.9. The van der Waals surface area contributed by atoms with Gasteiger partial charge in [0.2, 0.25) is 5.89 Å². The molecule has 5 aromatic rings. The molecule has 3 aromatic carbocycles. The summed E-state index contributed by atoms with van der Waals surface area (Å²) < 4.78 is 11.1. The lowest BCUT2D eigenvalue weighted by molar-refractivity contribution is 0.407. The molecule has 2 heterocycles. The Morgan fingerprint density at radius 3 is 2.00 bits per heavy atom. The van der Waals surface area contributed by atoms with Gasteiger partial charge in [0.1, 0.15) is 21.5 Å². The molecule has 0 aliphatic rings. The van der Waals surface area contributed by atoms with E-state index in [-0.39, 0.29) is 5.75 Å². The molecule has 0 amide bonds. The van der Waals surface area contributed by atoms with Crippen molar-refractivity contribution in [3.63, 3.8) is 0 Å². The molecule has 8 heteroatoms. The normalized spacial score (nSPS) is 10.9. The standard InChI is InChI=1S/C24H18N4O3S/c1-14-3-5-16(6-4-14)23-27-28-24(32-23)17-9-7-15(8-10-17)21-25-26-22(31-21)19-12-11-18(29)13-20(19)30-2/h3-13,29H,1-2H3. The van der Waals surface area contributed by atoms with Crippen molar-refractivity contribution in [3.8, 4) is 55.5 Å². The Hall–Kier alpha value is -4.04. The maximum atomic E-state index is 9.64. The number of hydrogen-bond acceptors (Lipinski definition) is 8. The van der Waals surface area contributed by atoms with E-state index in [1.165, 1.54) is 18.7 Å². The summed E-state index contributed by atoms with van der Waals surface area (Å²) in [5.41, 5.74) is 4.62. The van der Waals surface area contributed by atoms with Gasteiger partial charge in [0.05, 0.1) is 12.7 Å². The van der Waals surface area contributed by atoms with E-state index in [0.29, 0.717) is 23.1 Å². The molecule has 5 rings (SSSR count). The lowest BCUT2D eigenvalue weighted by atomic mass is 10.1. The third-order valence-electron chi connectivity index (χ3n) is 4.94. The average Bonchev–Trinajstić information content (AvgIpc) is 3.50. The molecule has 0 spiro atoms. The zero-order valence-corrected chi connectivity index (χ0v) is 18.1. The van der Waals surface area contributed by atoms with Crippen molar-refractivity contribution in [2.45, 2.75) is 6.92 Å². The van der Waals surface area contributed by atoms with Gasteiger partial charge in [0.15, 0.2) is 0 Å². The van der Waals surface area contributed by atoms with Crippen LogP contribution in [0.3, 0.4) is 0 Å². The molecular formula is C24H18N4O3S. The fourth-order valence-corrected chi connectivity index (χ4v) is 4.07. The topological polar surface area (TPSA) is 94.2 Å². The molecule has 1 N–H and O–H groups in total. The van der Waals surface area contributed by atoms with Crippen molar-refractivity contribution in [2.24, 2.45) is 0 Å². The predicted molar refractivity (Wildman–Crippen MR) is 122 cm³/mol. The van der Waals surface area contributed by atoms with Crippen LogP contribution < -0.4 is 4.74 Å². The number of ether oxygens (including phenoxy) is 1. The van der Waals surface area contributed by atoms with Crippen LogP contribution in [-0.4, -0.2) is 32.6 Å². The van der Waals surface area contributed by atoms with E-state index in [0.717, 1.165) is 26.7 Å². The highest BCUT2D eigenvalue weighted by molar-refractivity contribution is 7.17. The lowest BCUT2D eigenvalue weighted by Crippen LogP contribution is -1.87. The van der Waals surface area contributed by atoms with Crippen molar-refractivity contribution < 1.29 is 14.3 Å². The third-order valence-corrected chi connectivity index (χ3v) is 5.96. The molecule has 2 aromatic heterocycles.